The molecule has 0 unspecified atom stereocenters. The molecule has 0 aliphatic rings. The van der Waals surface area contributed by atoms with Gasteiger partial charge in [0.05, 0.1) is 6.61 Å². The number of aromatic nitrogens is 1. The van der Waals surface area contributed by atoms with E-state index in [2.05, 4.69) is 10.3 Å². The molecule has 0 aromatic carbocycles. The predicted molar refractivity (Wildman–Crippen MR) is 64.1 cm³/mol. The Morgan fingerprint density at radius 1 is 1.50 bits per heavy atom. The van der Waals surface area contributed by atoms with Gasteiger partial charge in [-0.05, 0) is 6.92 Å². The average Bonchev–Trinajstić information content (AvgIpc) is 2.27. The Morgan fingerprint density at radius 2 is 2.22 bits per heavy atom. The minimum absolute atomic E-state index is 0.0375. The van der Waals surface area contributed by atoms with Crippen LogP contribution in [-0.2, 0) is 9.53 Å². The number of carbonyl (C=O) groups excluding carboxylic acids is 2. The molecule has 0 fully saturated rings. The molecule has 2 amide bonds. The van der Waals surface area contributed by atoms with E-state index >= 15 is 0 Å². The maximum absolute atomic E-state index is 11.6. The van der Waals surface area contributed by atoms with Crippen LogP contribution in [0, 0.1) is 6.92 Å². The summed E-state index contributed by atoms with van der Waals surface area (Å²) in [7, 11) is 0. The lowest BCUT2D eigenvalue weighted by molar-refractivity contribution is -0.122. The molecule has 0 radical (unpaired) electrons. The molecule has 0 spiro atoms. The maximum atomic E-state index is 11.6. The summed E-state index contributed by atoms with van der Waals surface area (Å²) >= 11 is 0. The second-order valence-corrected chi connectivity index (χ2v) is 3.67. The SMILES string of the molecule is Cc1cc(=O)c(C(=O)NCCOCC(N)=O)c[nH]1. The lowest BCUT2D eigenvalue weighted by Gasteiger charge is -2.05. The van der Waals surface area contributed by atoms with Gasteiger partial charge in [0.15, 0.2) is 5.43 Å². The maximum Gasteiger partial charge on any atom is 0.256 e. The summed E-state index contributed by atoms with van der Waals surface area (Å²) in [5.74, 6) is -1.06. The smallest absolute Gasteiger partial charge is 0.256 e. The van der Waals surface area contributed by atoms with Crippen molar-refractivity contribution in [3.63, 3.8) is 0 Å². The largest absolute Gasteiger partial charge is 0.370 e. The summed E-state index contributed by atoms with van der Waals surface area (Å²) in [5, 5.41) is 2.50. The number of rotatable bonds is 6. The molecular formula is C11H15N3O4. The van der Waals surface area contributed by atoms with Gasteiger partial charge < -0.3 is 20.8 Å². The van der Waals surface area contributed by atoms with Gasteiger partial charge in [-0.1, -0.05) is 0 Å². The number of ether oxygens (including phenoxy) is 1. The van der Waals surface area contributed by atoms with Crippen molar-refractivity contribution in [3.8, 4) is 0 Å². The van der Waals surface area contributed by atoms with E-state index in [4.69, 9.17) is 10.5 Å². The third-order valence-corrected chi connectivity index (χ3v) is 2.08. The first-order chi connectivity index (χ1) is 8.50. The minimum Gasteiger partial charge on any atom is -0.370 e. The molecule has 98 valence electrons. The molecule has 0 atom stereocenters. The standard InChI is InChI=1S/C11H15N3O4/c1-7-4-9(15)8(5-14-7)11(17)13-2-3-18-6-10(12)16/h4-5H,2-3,6H2,1H3,(H2,12,16)(H,13,17)(H,14,15). The quantitative estimate of drug-likeness (QED) is 0.559. The monoisotopic (exact) mass is 253 g/mol. The molecule has 0 saturated carbocycles. The number of aromatic amines is 1. The number of nitrogens with one attached hydrogen (secondary N) is 2. The summed E-state index contributed by atoms with van der Waals surface area (Å²) in [4.78, 5) is 36.2. The Bertz CT molecular complexity index is 495. The van der Waals surface area contributed by atoms with Crippen molar-refractivity contribution in [2.24, 2.45) is 5.73 Å². The van der Waals surface area contributed by atoms with Gasteiger partial charge in [0.1, 0.15) is 12.2 Å². The third-order valence-electron chi connectivity index (χ3n) is 2.08. The van der Waals surface area contributed by atoms with Crippen LogP contribution in [0.2, 0.25) is 0 Å². The van der Waals surface area contributed by atoms with Gasteiger partial charge in [-0.15, -0.1) is 0 Å². The van der Waals surface area contributed by atoms with E-state index in [1.165, 1.54) is 12.3 Å². The molecule has 18 heavy (non-hydrogen) atoms. The summed E-state index contributed by atoms with van der Waals surface area (Å²) in [6.07, 6.45) is 1.36. The Balaban J connectivity index is 2.41. The van der Waals surface area contributed by atoms with Gasteiger partial charge in [0.25, 0.3) is 5.91 Å². The van der Waals surface area contributed by atoms with Gasteiger partial charge in [-0.3, -0.25) is 14.4 Å². The van der Waals surface area contributed by atoms with E-state index in [0.717, 1.165) is 0 Å². The van der Waals surface area contributed by atoms with E-state index < -0.39 is 11.8 Å². The first kappa shape index (κ1) is 13.9. The van der Waals surface area contributed by atoms with Gasteiger partial charge >= 0.3 is 0 Å². The molecule has 1 aromatic rings. The zero-order valence-corrected chi connectivity index (χ0v) is 9.99. The van der Waals surface area contributed by atoms with Crippen LogP contribution in [0.25, 0.3) is 0 Å². The average molecular weight is 253 g/mol. The van der Waals surface area contributed by atoms with E-state index in [1.807, 2.05) is 0 Å². The summed E-state index contributed by atoms with van der Waals surface area (Å²) < 4.78 is 4.86. The number of hydrogen-bond acceptors (Lipinski definition) is 4. The molecule has 0 aliphatic carbocycles. The fraction of sp³-hybridized carbons (Fsp3) is 0.364. The van der Waals surface area contributed by atoms with Crippen molar-refractivity contribution in [3.05, 3.63) is 33.7 Å². The molecule has 1 rings (SSSR count). The van der Waals surface area contributed by atoms with E-state index in [1.54, 1.807) is 6.92 Å². The normalized spacial score (nSPS) is 10.1. The van der Waals surface area contributed by atoms with Crippen LogP contribution in [0.1, 0.15) is 16.1 Å². The number of H-pyrrole nitrogens is 1. The van der Waals surface area contributed by atoms with E-state index in [-0.39, 0.29) is 30.8 Å². The molecule has 0 aliphatic heterocycles. The Labute approximate surface area is 103 Å². The van der Waals surface area contributed by atoms with Crippen molar-refractivity contribution in [2.75, 3.05) is 19.8 Å². The number of primary amides is 1. The highest BCUT2D eigenvalue weighted by molar-refractivity contribution is 5.93. The summed E-state index contributed by atoms with van der Waals surface area (Å²) in [6, 6.07) is 1.35. The van der Waals surface area contributed by atoms with Crippen molar-refractivity contribution in [2.45, 2.75) is 6.92 Å². The first-order valence-electron chi connectivity index (χ1n) is 5.34. The molecule has 0 saturated heterocycles. The molecule has 7 nitrogen and oxygen atoms in total. The number of hydrogen-bond donors (Lipinski definition) is 3. The minimum atomic E-state index is -0.573. The number of amides is 2. The highest BCUT2D eigenvalue weighted by atomic mass is 16.5. The first-order valence-corrected chi connectivity index (χ1v) is 5.34. The van der Waals surface area contributed by atoms with Crippen molar-refractivity contribution >= 4 is 11.8 Å². The van der Waals surface area contributed by atoms with E-state index in [0.29, 0.717) is 5.69 Å². The zero-order valence-electron chi connectivity index (χ0n) is 9.99. The van der Waals surface area contributed by atoms with Crippen LogP contribution in [0.3, 0.4) is 0 Å². The lowest BCUT2D eigenvalue weighted by atomic mass is 10.2. The van der Waals surface area contributed by atoms with Crippen molar-refractivity contribution < 1.29 is 14.3 Å². The fourth-order valence-corrected chi connectivity index (χ4v) is 1.26. The number of nitrogens with two attached hydrogens (primary N) is 1. The zero-order chi connectivity index (χ0) is 13.5. The number of pyridine rings is 1. The van der Waals surface area contributed by atoms with Gasteiger partial charge in [-0.25, -0.2) is 0 Å². The molecule has 0 bridgehead atoms. The van der Waals surface area contributed by atoms with Gasteiger partial charge in [0.2, 0.25) is 5.91 Å². The van der Waals surface area contributed by atoms with E-state index in [9.17, 15) is 14.4 Å². The van der Waals surface area contributed by atoms with Crippen LogP contribution in [-0.4, -0.2) is 36.6 Å². The Hall–Kier alpha value is -2.15. The van der Waals surface area contributed by atoms with Crippen LogP contribution < -0.4 is 16.5 Å². The second-order valence-electron chi connectivity index (χ2n) is 3.67. The summed E-state index contributed by atoms with van der Waals surface area (Å²) in [6.45, 7) is 1.87. The van der Waals surface area contributed by atoms with Crippen molar-refractivity contribution in [1.29, 1.82) is 0 Å². The molecule has 1 aromatic heterocycles. The fourth-order valence-electron chi connectivity index (χ4n) is 1.26. The Morgan fingerprint density at radius 3 is 2.83 bits per heavy atom. The highest BCUT2D eigenvalue weighted by Gasteiger charge is 2.09. The van der Waals surface area contributed by atoms with Crippen LogP contribution in [0.4, 0.5) is 0 Å². The number of carbonyl (C=O) groups is 2. The van der Waals surface area contributed by atoms with Crippen LogP contribution in [0.5, 0.6) is 0 Å². The molecule has 4 N–H and O–H groups in total. The van der Waals surface area contributed by atoms with Crippen LogP contribution in [0.15, 0.2) is 17.1 Å². The van der Waals surface area contributed by atoms with Gasteiger partial charge in [-0.2, -0.15) is 0 Å². The third kappa shape index (κ3) is 4.38. The molecule has 1 heterocycles. The number of aryl methyl sites for hydroxylation is 1. The molecular weight excluding hydrogens is 238 g/mol. The van der Waals surface area contributed by atoms with Gasteiger partial charge in [0, 0.05) is 24.5 Å². The second kappa shape index (κ2) is 6.55. The van der Waals surface area contributed by atoms with Crippen molar-refractivity contribution in [1.82, 2.24) is 10.3 Å². The summed E-state index contributed by atoms with van der Waals surface area (Å²) in [5.41, 5.74) is 5.24. The highest BCUT2D eigenvalue weighted by Crippen LogP contribution is 1.91. The topological polar surface area (TPSA) is 114 Å². The predicted octanol–water partition coefficient (Wildman–Crippen LogP) is -1.08. The lowest BCUT2D eigenvalue weighted by Crippen LogP contribution is -2.32. The molecule has 7 heteroatoms. The Kier molecular flexibility index (Phi) is 5.06. The van der Waals surface area contributed by atoms with Crippen LogP contribution >= 0.6 is 0 Å².